The number of anilines is 1. The third-order valence-corrected chi connectivity index (χ3v) is 4.89. The summed E-state index contributed by atoms with van der Waals surface area (Å²) in [6.45, 7) is 5.22. The summed E-state index contributed by atoms with van der Waals surface area (Å²) in [5, 5.41) is 5.84. The molecule has 2 amide bonds. The average Bonchev–Trinajstić information content (AvgIpc) is 2.83. The number of carbonyl (C=O) groups is 2. The van der Waals surface area contributed by atoms with Crippen LogP contribution in [-0.4, -0.2) is 31.6 Å². The molecule has 0 saturated heterocycles. The molecule has 0 saturated carbocycles. The van der Waals surface area contributed by atoms with Gasteiger partial charge in [-0.25, -0.2) is 0 Å². The van der Waals surface area contributed by atoms with Gasteiger partial charge in [-0.05, 0) is 43.7 Å². The van der Waals surface area contributed by atoms with E-state index in [-0.39, 0.29) is 17.9 Å². The number of hydrogen-bond acceptors (Lipinski definition) is 4. The van der Waals surface area contributed by atoms with Crippen LogP contribution >= 0.6 is 0 Å². The van der Waals surface area contributed by atoms with Crippen LogP contribution in [0.4, 0.5) is 5.69 Å². The van der Waals surface area contributed by atoms with Crippen LogP contribution in [0.25, 0.3) is 0 Å². The van der Waals surface area contributed by atoms with Crippen molar-refractivity contribution in [2.24, 2.45) is 0 Å². The molecular weight excluding hydrogens is 404 g/mol. The predicted molar refractivity (Wildman–Crippen MR) is 125 cm³/mol. The molecule has 3 aromatic rings. The van der Waals surface area contributed by atoms with E-state index in [1.807, 2.05) is 44.2 Å². The molecular formula is C26H28N2O4. The monoisotopic (exact) mass is 432 g/mol. The Balaban J connectivity index is 1.72. The van der Waals surface area contributed by atoms with E-state index >= 15 is 0 Å². The summed E-state index contributed by atoms with van der Waals surface area (Å²) in [5.74, 6) is -0.156. The van der Waals surface area contributed by atoms with Gasteiger partial charge in [0, 0.05) is 6.61 Å². The molecule has 0 aliphatic rings. The molecule has 0 fully saturated rings. The minimum absolute atomic E-state index is 0.174. The van der Waals surface area contributed by atoms with Crippen molar-refractivity contribution in [3.05, 3.63) is 95.6 Å². The van der Waals surface area contributed by atoms with Gasteiger partial charge in [0.1, 0.15) is 12.4 Å². The number of carbonyl (C=O) groups excluding carboxylic acids is 2. The maximum Gasteiger partial charge on any atom is 0.259 e. The quantitative estimate of drug-likeness (QED) is 0.449. The predicted octanol–water partition coefficient (Wildman–Crippen LogP) is 4.85. The lowest BCUT2D eigenvalue weighted by Crippen LogP contribution is -2.28. The van der Waals surface area contributed by atoms with Gasteiger partial charge in [0.2, 0.25) is 0 Å². The lowest BCUT2D eigenvalue weighted by Gasteiger charge is -2.17. The molecule has 6 nitrogen and oxygen atoms in total. The Kier molecular flexibility index (Phi) is 8.40. The zero-order chi connectivity index (χ0) is 22.8. The van der Waals surface area contributed by atoms with Crippen molar-refractivity contribution in [3.8, 4) is 5.75 Å². The Bertz CT molecular complexity index is 1040. The van der Waals surface area contributed by atoms with Crippen LogP contribution in [0.1, 0.15) is 46.2 Å². The van der Waals surface area contributed by atoms with Crippen LogP contribution in [0.5, 0.6) is 5.75 Å². The van der Waals surface area contributed by atoms with Crippen LogP contribution in [0.2, 0.25) is 0 Å². The highest BCUT2D eigenvalue weighted by Crippen LogP contribution is 2.22. The Hall–Kier alpha value is -3.64. The Morgan fingerprint density at radius 3 is 2.22 bits per heavy atom. The van der Waals surface area contributed by atoms with Crippen LogP contribution in [0.3, 0.4) is 0 Å². The van der Waals surface area contributed by atoms with Gasteiger partial charge in [0.05, 0.1) is 29.5 Å². The van der Waals surface area contributed by atoms with Crippen molar-refractivity contribution in [2.75, 3.05) is 25.1 Å². The van der Waals surface area contributed by atoms with Gasteiger partial charge in [-0.3, -0.25) is 9.59 Å². The number of hydrogen-bond donors (Lipinski definition) is 2. The lowest BCUT2D eigenvalue weighted by molar-refractivity contribution is 0.0940. The van der Waals surface area contributed by atoms with Gasteiger partial charge in [-0.1, -0.05) is 54.6 Å². The first-order valence-electron chi connectivity index (χ1n) is 10.7. The van der Waals surface area contributed by atoms with E-state index in [4.69, 9.17) is 9.47 Å². The Morgan fingerprint density at radius 2 is 1.47 bits per heavy atom. The third kappa shape index (κ3) is 6.18. The summed E-state index contributed by atoms with van der Waals surface area (Å²) in [6, 6.07) is 23.5. The molecule has 2 N–H and O–H groups in total. The second-order valence-corrected chi connectivity index (χ2v) is 7.15. The van der Waals surface area contributed by atoms with Crippen molar-refractivity contribution in [2.45, 2.75) is 19.9 Å². The fraction of sp³-hybridized carbons (Fsp3) is 0.231. The summed E-state index contributed by atoms with van der Waals surface area (Å²) < 4.78 is 11.0. The van der Waals surface area contributed by atoms with E-state index in [1.54, 1.807) is 48.5 Å². The van der Waals surface area contributed by atoms with Crippen molar-refractivity contribution >= 4 is 17.5 Å². The molecule has 1 unspecified atom stereocenters. The summed E-state index contributed by atoms with van der Waals surface area (Å²) >= 11 is 0. The molecule has 166 valence electrons. The van der Waals surface area contributed by atoms with Crippen LogP contribution in [0, 0.1) is 0 Å². The zero-order valence-corrected chi connectivity index (χ0v) is 18.3. The highest BCUT2D eigenvalue weighted by Gasteiger charge is 2.18. The first-order valence-corrected chi connectivity index (χ1v) is 10.7. The fourth-order valence-corrected chi connectivity index (χ4v) is 3.21. The van der Waals surface area contributed by atoms with Crippen molar-refractivity contribution in [1.82, 2.24) is 5.32 Å². The van der Waals surface area contributed by atoms with Gasteiger partial charge < -0.3 is 20.1 Å². The van der Waals surface area contributed by atoms with Gasteiger partial charge in [-0.2, -0.15) is 0 Å². The summed E-state index contributed by atoms with van der Waals surface area (Å²) in [7, 11) is 0. The van der Waals surface area contributed by atoms with E-state index in [9.17, 15) is 9.59 Å². The van der Waals surface area contributed by atoms with E-state index in [0.717, 1.165) is 5.56 Å². The second kappa shape index (κ2) is 11.7. The minimum atomic E-state index is -0.353. The zero-order valence-electron chi connectivity index (χ0n) is 18.3. The molecule has 0 aliphatic heterocycles. The third-order valence-electron chi connectivity index (χ3n) is 4.89. The molecule has 0 heterocycles. The van der Waals surface area contributed by atoms with Crippen LogP contribution < -0.4 is 15.4 Å². The molecule has 1 atom stereocenters. The van der Waals surface area contributed by atoms with Crippen molar-refractivity contribution in [3.63, 3.8) is 0 Å². The van der Waals surface area contributed by atoms with E-state index in [1.165, 1.54) is 0 Å². The van der Waals surface area contributed by atoms with E-state index in [2.05, 4.69) is 10.6 Å². The number of ether oxygens (including phenoxy) is 2. The number of rotatable bonds is 10. The fourth-order valence-electron chi connectivity index (χ4n) is 3.21. The largest absolute Gasteiger partial charge is 0.490 e. The smallest absolute Gasteiger partial charge is 0.259 e. The normalized spacial score (nSPS) is 11.4. The Labute approximate surface area is 188 Å². The first-order chi connectivity index (χ1) is 15.6. The van der Waals surface area contributed by atoms with Gasteiger partial charge >= 0.3 is 0 Å². The van der Waals surface area contributed by atoms with Crippen molar-refractivity contribution < 1.29 is 19.1 Å². The minimum Gasteiger partial charge on any atom is -0.490 e. The lowest BCUT2D eigenvalue weighted by atomic mass is 10.1. The summed E-state index contributed by atoms with van der Waals surface area (Å²) in [4.78, 5) is 25.9. The molecule has 6 heteroatoms. The van der Waals surface area contributed by atoms with Crippen LogP contribution in [-0.2, 0) is 4.74 Å². The maximum absolute atomic E-state index is 13.0. The van der Waals surface area contributed by atoms with Gasteiger partial charge in [0.15, 0.2) is 0 Å². The topological polar surface area (TPSA) is 76.7 Å². The van der Waals surface area contributed by atoms with Gasteiger partial charge in [-0.15, -0.1) is 0 Å². The summed E-state index contributed by atoms with van der Waals surface area (Å²) in [5.41, 5.74) is 2.20. The standard InChI is InChI=1S/C26H28N2O4/c1-3-31-17-18-32-24-16-10-8-14-22(24)26(30)28-23-15-9-7-13-21(23)25(29)27-19(2)20-11-5-4-6-12-20/h4-16,19H,3,17-18H2,1-2H3,(H,27,29)(H,28,30). The molecule has 0 aromatic heterocycles. The van der Waals surface area contributed by atoms with Crippen molar-refractivity contribution in [1.29, 1.82) is 0 Å². The highest BCUT2D eigenvalue weighted by atomic mass is 16.5. The number of nitrogens with one attached hydrogen (secondary N) is 2. The van der Waals surface area contributed by atoms with Crippen LogP contribution in [0.15, 0.2) is 78.9 Å². The average molecular weight is 433 g/mol. The Morgan fingerprint density at radius 1 is 0.812 bits per heavy atom. The highest BCUT2D eigenvalue weighted by molar-refractivity contribution is 6.10. The number of para-hydroxylation sites is 2. The number of benzene rings is 3. The molecule has 0 bridgehead atoms. The first kappa shape index (κ1) is 23.0. The van der Waals surface area contributed by atoms with E-state index < -0.39 is 0 Å². The SMILES string of the molecule is CCOCCOc1ccccc1C(=O)Nc1ccccc1C(=O)NC(C)c1ccccc1. The molecule has 0 aliphatic carbocycles. The molecule has 3 rings (SSSR count). The molecule has 3 aromatic carbocycles. The molecule has 0 spiro atoms. The second-order valence-electron chi connectivity index (χ2n) is 7.15. The molecule has 32 heavy (non-hydrogen) atoms. The number of amides is 2. The summed E-state index contributed by atoms with van der Waals surface area (Å²) in [6.07, 6.45) is 0. The maximum atomic E-state index is 13.0. The molecule has 0 radical (unpaired) electrons. The van der Waals surface area contributed by atoms with Gasteiger partial charge in [0.25, 0.3) is 11.8 Å². The van der Waals surface area contributed by atoms with E-state index in [0.29, 0.717) is 42.4 Å².